The molecule has 8 nitrogen and oxygen atoms in total. The molecule has 2 aromatic carbocycles. The summed E-state index contributed by atoms with van der Waals surface area (Å²) in [7, 11) is 1.57. The molecule has 3 amide bonds. The van der Waals surface area contributed by atoms with Gasteiger partial charge in [0.2, 0.25) is 5.91 Å². The van der Waals surface area contributed by atoms with E-state index in [1.165, 1.54) is 4.90 Å². The van der Waals surface area contributed by atoms with Crippen LogP contribution in [-0.4, -0.2) is 53.4 Å². The Morgan fingerprint density at radius 2 is 1.90 bits per heavy atom. The second-order valence-electron chi connectivity index (χ2n) is 6.57. The Labute approximate surface area is 168 Å². The third-order valence-corrected chi connectivity index (χ3v) is 4.73. The lowest BCUT2D eigenvalue weighted by atomic mass is 10.2. The summed E-state index contributed by atoms with van der Waals surface area (Å²) in [5.41, 5.74) is 2.27. The summed E-state index contributed by atoms with van der Waals surface area (Å²) in [5, 5.41) is 7.00. The molecule has 29 heavy (non-hydrogen) atoms. The number of hydrogen-bond acceptors (Lipinski definition) is 4. The maximum Gasteiger partial charge on any atom is 0.325 e. The molecule has 8 heteroatoms. The molecule has 0 aliphatic carbocycles. The molecular formula is C21H21N5O3. The number of urea groups is 1. The van der Waals surface area contributed by atoms with Crippen LogP contribution in [0.1, 0.15) is 0 Å². The van der Waals surface area contributed by atoms with E-state index in [-0.39, 0.29) is 18.5 Å². The molecule has 4 rings (SSSR count). The van der Waals surface area contributed by atoms with E-state index in [1.807, 2.05) is 60.8 Å². The van der Waals surface area contributed by atoms with Gasteiger partial charge in [-0.2, -0.15) is 5.10 Å². The van der Waals surface area contributed by atoms with Gasteiger partial charge in [-0.25, -0.2) is 9.48 Å². The van der Waals surface area contributed by atoms with E-state index >= 15 is 0 Å². The number of amides is 3. The molecule has 0 atom stereocenters. The largest absolute Gasteiger partial charge is 0.495 e. The van der Waals surface area contributed by atoms with Crippen molar-refractivity contribution in [2.75, 3.05) is 37.0 Å². The molecule has 1 saturated heterocycles. The molecule has 1 aliphatic rings. The number of ether oxygens (including phenoxy) is 1. The third kappa shape index (κ3) is 3.91. The van der Waals surface area contributed by atoms with E-state index in [2.05, 4.69) is 10.4 Å². The Morgan fingerprint density at radius 3 is 2.62 bits per heavy atom. The fourth-order valence-electron chi connectivity index (χ4n) is 3.30. The highest BCUT2D eigenvalue weighted by Gasteiger charge is 2.32. The van der Waals surface area contributed by atoms with Crippen molar-refractivity contribution in [1.82, 2.24) is 14.7 Å². The van der Waals surface area contributed by atoms with Gasteiger partial charge in [0, 0.05) is 31.2 Å². The number of aromatic nitrogens is 2. The molecule has 0 saturated carbocycles. The normalized spacial score (nSPS) is 13.6. The van der Waals surface area contributed by atoms with Crippen molar-refractivity contribution < 1.29 is 14.3 Å². The average molecular weight is 391 g/mol. The van der Waals surface area contributed by atoms with Crippen molar-refractivity contribution in [3.63, 3.8) is 0 Å². The van der Waals surface area contributed by atoms with E-state index in [0.29, 0.717) is 30.2 Å². The van der Waals surface area contributed by atoms with Crippen LogP contribution in [0.25, 0.3) is 5.69 Å². The lowest BCUT2D eigenvalue weighted by molar-refractivity contribution is -0.116. The second kappa shape index (κ2) is 8.05. The van der Waals surface area contributed by atoms with Gasteiger partial charge in [0.1, 0.15) is 12.3 Å². The van der Waals surface area contributed by atoms with Gasteiger partial charge >= 0.3 is 6.03 Å². The molecule has 3 aromatic rings. The van der Waals surface area contributed by atoms with Crippen molar-refractivity contribution in [3.05, 3.63) is 67.0 Å². The zero-order valence-corrected chi connectivity index (χ0v) is 16.0. The van der Waals surface area contributed by atoms with E-state index in [0.717, 1.165) is 5.69 Å². The maximum atomic E-state index is 12.7. The quantitative estimate of drug-likeness (QED) is 0.701. The van der Waals surface area contributed by atoms with Gasteiger partial charge in [0.25, 0.3) is 0 Å². The lowest BCUT2D eigenvalue weighted by Gasteiger charge is -2.20. The summed E-state index contributed by atoms with van der Waals surface area (Å²) in [4.78, 5) is 28.3. The highest BCUT2D eigenvalue weighted by atomic mass is 16.5. The van der Waals surface area contributed by atoms with Crippen LogP contribution in [0.5, 0.6) is 5.75 Å². The number of carbonyl (C=O) groups excluding carboxylic acids is 2. The van der Waals surface area contributed by atoms with Crippen LogP contribution >= 0.6 is 0 Å². The SMILES string of the molecule is COc1ccccc1N1CCN(CC(=O)Nc2ccc(-n3cccn3)cc2)C1=O. The van der Waals surface area contributed by atoms with Crippen LogP contribution < -0.4 is 15.0 Å². The molecular weight excluding hydrogens is 370 g/mol. The van der Waals surface area contributed by atoms with Crippen molar-refractivity contribution in [3.8, 4) is 11.4 Å². The number of anilines is 2. The van der Waals surface area contributed by atoms with E-state index < -0.39 is 0 Å². The summed E-state index contributed by atoms with van der Waals surface area (Å²) >= 11 is 0. The topological polar surface area (TPSA) is 79.7 Å². The van der Waals surface area contributed by atoms with Gasteiger partial charge in [-0.05, 0) is 42.5 Å². The van der Waals surface area contributed by atoms with E-state index in [1.54, 1.807) is 22.9 Å². The van der Waals surface area contributed by atoms with Gasteiger partial charge in [-0.3, -0.25) is 9.69 Å². The first-order valence-electron chi connectivity index (χ1n) is 9.25. The maximum absolute atomic E-state index is 12.7. The Bertz CT molecular complexity index is 1000. The smallest absolute Gasteiger partial charge is 0.325 e. The summed E-state index contributed by atoms with van der Waals surface area (Å²) in [5.74, 6) is 0.386. The summed E-state index contributed by atoms with van der Waals surface area (Å²) in [6, 6.07) is 16.3. The number of para-hydroxylation sites is 2. The highest BCUT2D eigenvalue weighted by Crippen LogP contribution is 2.30. The molecule has 0 radical (unpaired) electrons. The molecule has 1 fully saturated rings. The second-order valence-corrected chi connectivity index (χ2v) is 6.57. The van der Waals surface area contributed by atoms with Crippen LogP contribution in [0.15, 0.2) is 67.0 Å². The Balaban J connectivity index is 1.37. The molecule has 0 spiro atoms. The number of nitrogens with zero attached hydrogens (tertiary/aromatic N) is 4. The molecule has 2 heterocycles. The predicted molar refractivity (Wildman–Crippen MR) is 110 cm³/mol. The Morgan fingerprint density at radius 1 is 1.10 bits per heavy atom. The van der Waals surface area contributed by atoms with Gasteiger partial charge in [0.15, 0.2) is 0 Å². The van der Waals surface area contributed by atoms with Crippen LogP contribution in [0.2, 0.25) is 0 Å². The fraction of sp³-hybridized carbons (Fsp3) is 0.190. The van der Waals surface area contributed by atoms with Gasteiger partial charge in [-0.1, -0.05) is 12.1 Å². The third-order valence-electron chi connectivity index (χ3n) is 4.73. The van der Waals surface area contributed by atoms with Crippen molar-refractivity contribution >= 4 is 23.3 Å². The molecule has 148 valence electrons. The van der Waals surface area contributed by atoms with Crippen LogP contribution in [0.3, 0.4) is 0 Å². The van der Waals surface area contributed by atoms with Crippen molar-refractivity contribution in [2.24, 2.45) is 0 Å². The summed E-state index contributed by atoms with van der Waals surface area (Å²) < 4.78 is 7.08. The minimum atomic E-state index is -0.243. The van der Waals surface area contributed by atoms with Crippen LogP contribution in [0.4, 0.5) is 16.2 Å². The zero-order chi connectivity index (χ0) is 20.2. The fourth-order valence-corrected chi connectivity index (χ4v) is 3.30. The molecule has 1 N–H and O–H groups in total. The standard InChI is InChI=1S/C21H21N5O3/c1-29-19-6-3-2-5-18(19)25-14-13-24(21(25)28)15-20(27)23-16-7-9-17(10-8-16)26-12-4-11-22-26/h2-12H,13-15H2,1H3,(H,23,27). The van der Waals surface area contributed by atoms with Crippen molar-refractivity contribution in [2.45, 2.75) is 0 Å². The molecule has 1 aromatic heterocycles. The monoisotopic (exact) mass is 391 g/mol. The first-order valence-corrected chi connectivity index (χ1v) is 9.25. The van der Waals surface area contributed by atoms with Crippen LogP contribution in [-0.2, 0) is 4.79 Å². The number of nitrogens with one attached hydrogen (secondary N) is 1. The van der Waals surface area contributed by atoms with Gasteiger partial charge in [-0.15, -0.1) is 0 Å². The van der Waals surface area contributed by atoms with Gasteiger partial charge in [0.05, 0.1) is 18.5 Å². The number of benzene rings is 2. The number of hydrogen-bond donors (Lipinski definition) is 1. The summed E-state index contributed by atoms with van der Waals surface area (Å²) in [6.45, 7) is 0.971. The Kier molecular flexibility index (Phi) is 5.15. The Hall–Kier alpha value is -3.81. The highest BCUT2D eigenvalue weighted by molar-refractivity contribution is 6.00. The minimum absolute atomic E-state index is 0.00854. The number of carbonyl (C=O) groups is 2. The molecule has 1 aliphatic heterocycles. The number of methoxy groups -OCH3 is 1. The minimum Gasteiger partial charge on any atom is -0.495 e. The van der Waals surface area contributed by atoms with Crippen molar-refractivity contribution in [1.29, 1.82) is 0 Å². The average Bonchev–Trinajstić information content (AvgIpc) is 3.39. The van der Waals surface area contributed by atoms with Gasteiger partial charge < -0.3 is 15.0 Å². The molecule has 0 bridgehead atoms. The van der Waals surface area contributed by atoms with E-state index in [9.17, 15) is 9.59 Å². The van der Waals surface area contributed by atoms with E-state index in [4.69, 9.17) is 4.74 Å². The zero-order valence-electron chi connectivity index (χ0n) is 16.0. The number of rotatable bonds is 6. The molecule has 0 unspecified atom stereocenters. The lowest BCUT2D eigenvalue weighted by Crippen LogP contribution is -2.37. The summed E-state index contributed by atoms with van der Waals surface area (Å²) in [6.07, 6.45) is 3.55. The first-order chi connectivity index (χ1) is 14.2. The van der Waals surface area contributed by atoms with Crippen LogP contribution in [0, 0.1) is 0 Å². The predicted octanol–water partition coefficient (Wildman–Crippen LogP) is 2.76. The first kappa shape index (κ1) is 18.5.